The molecule has 2 aliphatic rings. The third-order valence-electron chi connectivity index (χ3n) is 5.47. The van der Waals surface area contributed by atoms with E-state index in [4.69, 9.17) is 13.9 Å². The maximum atomic E-state index is 11.6. The van der Waals surface area contributed by atoms with E-state index in [-0.39, 0.29) is 23.4 Å². The van der Waals surface area contributed by atoms with E-state index < -0.39 is 0 Å². The highest BCUT2D eigenvalue weighted by Gasteiger charge is 2.26. The van der Waals surface area contributed by atoms with Crippen LogP contribution in [0, 0.1) is 13.8 Å². The third-order valence-corrected chi connectivity index (χ3v) is 6.33. The molecule has 8 heteroatoms. The molecule has 164 valence electrons. The first-order valence-corrected chi connectivity index (χ1v) is 11.3. The Hall–Kier alpha value is -2.42. The largest absolute Gasteiger partial charge is 0.441 e. The van der Waals surface area contributed by atoms with Crippen LogP contribution in [0.5, 0.6) is 0 Å². The normalized spacial score (nSPS) is 22.8. The lowest BCUT2D eigenvalue weighted by Gasteiger charge is -2.28. The molecule has 2 atom stereocenters. The Morgan fingerprint density at radius 3 is 2.61 bits per heavy atom. The number of nitrogens with zero attached hydrogens (tertiary/aromatic N) is 1. The van der Waals surface area contributed by atoms with Gasteiger partial charge in [-0.1, -0.05) is 17.7 Å². The summed E-state index contributed by atoms with van der Waals surface area (Å²) in [6, 6.07) is 8.10. The number of aryl methyl sites for hydroxylation is 2. The van der Waals surface area contributed by atoms with Crippen molar-refractivity contribution in [1.82, 2.24) is 10.3 Å². The number of hydrogen-bond acceptors (Lipinski definition) is 7. The lowest BCUT2D eigenvalue weighted by Crippen LogP contribution is -2.28. The van der Waals surface area contributed by atoms with Gasteiger partial charge in [0.2, 0.25) is 5.89 Å². The molecule has 0 spiro atoms. The summed E-state index contributed by atoms with van der Waals surface area (Å²) in [5.41, 5.74) is 2.97. The average Bonchev–Trinajstić information content (AvgIpc) is 3.28. The van der Waals surface area contributed by atoms with Gasteiger partial charge in [0.25, 0.3) is 11.1 Å². The maximum Gasteiger partial charge on any atom is 0.290 e. The molecular weight excluding hydrogens is 416 g/mol. The van der Waals surface area contributed by atoms with Gasteiger partial charge in [-0.15, -0.1) is 0 Å². The Bertz CT molecular complexity index is 982. The standard InChI is InChI=1S/C23H26N2O5S/c1-14-6-8-16(9-7-14)22-24-19(15(2)30-22)13-29-18-5-3-4-17(12-18)28-11-10-20-21(26)25-23(27)31-20/h6-10,17-18H,3-5,11-13H2,1-2H3,(H,25,26,27). The number of amides is 2. The Morgan fingerprint density at radius 1 is 1.16 bits per heavy atom. The molecule has 1 N–H and O–H groups in total. The Morgan fingerprint density at radius 2 is 1.90 bits per heavy atom. The van der Waals surface area contributed by atoms with Crippen molar-refractivity contribution in [1.29, 1.82) is 0 Å². The molecule has 2 fully saturated rings. The van der Waals surface area contributed by atoms with Crippen LogP contribution in [0.25, 0.3) is 11.5 Å². The Kier molecular flexibility index (Phi) is 6.89. The number of aromatic nitrogens is 1. The summed E-state index contributed by atoms with van der Waals surface area (Å²) in [4.78, 5) is 27.8. The van der Waals surface area contributed by atoms with E-state index >= 15 is 0 Å². The van der Waals surface area contributed by atoms with Crippen molar-refractivity contribution in [3.63, 3.8) is 0 Å². The van der Waals surface area contributed by atoms with Crippen LogP contribution in [0.1, 0.15) is 42.7 Å². The van der Waals surface area contributed by atoms with Gasteiger partial charge in [0, 0.05) is 5.56 Å². The number of oxazole rings is 1. The molecule has 1 aliphatic heterocycles. The molecule has 2 unspecified atom stereocenters. The molecule has 4 rings (SSSR count). The molecule has 1 aromatic carbocycles. The monoisotopic (exact) mass is 442 g/mol. The highest BCUT2D eigenvalue weighted by Crippen LogP contribution is 2.27. The fraction of sp³-hybridized carbons (Fsp3) is 0.435. The zero-order valence-electron chi connectivity index (χ0n) is 17.7. The predicted molar refractivity (Wildman–Crippen MR) is 117 cm³/mol. The average molecular weight is 443 g/mol. The van der Waals surface area contributed by atoms with Gasteiger partial charge in [0.05, 0.1) is 30.3 Å². The predicted octanol–water partition coefficient (Wildman–Crippen LogP) is 4.67. The van der Waals surface area contributed by atoms with Gasteiger partial charge in [0.1, 0.15) is 11.5 Å². The van der Waals surface area contributed by atoms with E-state index in [0.717, 1.165) is 54.5 Å². The SMILES string of the molecule is Cc1ccc(-c2nc(COC3CCCC(OCC=C4SC(=O)NC4=O)C3)c(C)o2)cc1. The van der Waals surface area contributed by atoms with Crippen molar-refractivity contribution in [2.75, 3.05) is 6.61 Å². The summed E-state index contributed by atoms with van der Waals surface area (Å²) < 4.78 is 17.9. The molecule has 1 saturated carbocycles. The maximum absolute atomic E-state index is 11.6. The van der Waals surface area contributed by atoms with Crippen molar-refractivity contribution in [2.45, 2.75) is 58.3 Å². The van der Waals surface area contributed by atoms with Crippen LogP contribution in [0.4, 0.5) is 4.79 Å². The number of thioether (sulfide) groups is 1. The van der Waals surface area contributed by atoms with Crippen LogP contribution in [-0.2, 0) is 20.9 Å². The first kappa shape index (κ1) is 21.8. The van der Waals surface area contributed by atoms with Crippen molar-refractivity contribution in [2.24, 2.45) is 0 Å². The number of ether oxygens (including phenoxy) is 2. The van der Waals surface area contributed by atoms with Crippen LogP contribution in [0.3, 0.4) is 0 Å². The second-order valence-electron chi connectivity index (χ2n) is 7.85. The number of benzene rings is 1. The molecule has 0 radical (unpaired) electrons. The second-order valence-corrected chi connectivity index (χ2v) is 8.87. The number of carbonyl (C=O) groups excluding carboxylic acids is 2. The number of hydrogen-bond donors (Lipinski definition) is 1. The fourth-order valence-corrected chi connectivity index (χ4v) is 4.34. The molecule has 1 aliphatic carbocycles. The van der Waals surface area contributed by atoms with E-state index in [2.05, 4.69) is 10.3 Å². The first-order valence-electron chi connectivity index (χ1n) is 10.5. The first-order chi connectivity index (χ1) is 15.0. The van der Waals surface area contributed by atoms with Crippen molar-refractivity contribution in [3.8, 4) is 11.5 Å². The minimum absolute atomic E-state index is 0.0716. The van der Waals surface area contributed by atoms with Crippen molar-refractivity contribution >= 4 is 22.9 Å². The summed E-state index contributed by atoms with van der Waals surface area (Å²) in [6.45, 7) is 4.67. The molecule has 1 saturated heterocycles. The third kappa shape index (κ3) is 5.64. The van der Waals surface area contributed by atoms with Gasteiger partial charge in [-0.3, -0.25) is 14.9 Å². The molecule has 2 aromatic rings. The van der Waals surface area contributed by atoms with E-state index in [1.54, 1.807) is 6.08 Å². The topological polar surface area (TPSA) is 90.7 Å². The summed E-state index contributed by atoms with van der Waals surface area (Å²) in [5, 5.41) is 1.90. The number of rotatable bonds is 7. The van der Waals surface area contributed by atoms with E-state index in [9.17, 15) is 9.59 Å². The minimum Gasteiger partial charge on any atom is -0.441 e. The lowest BCUT2D eigenvalue weighted by molar-refractivity contribution is -0.115. The molecular formula is C23H26N2O5S. The number of nitrogens with one attached hydrogen (secondary N) is 1. The zero-order valence-corrected chi connectivity index (χ0v) is 18.5. The van der Waals surface area contributed by atoms with Crippen LogP contribution in [0.2, 0.25) is 0 Å². The Balaban J connectivity index is 1.27. The Labute approximate surface area is 185 Å². The van der Waals surface area contributed by atoms with Gasteiger partial charge in [0.15, 0.2) is 0 Å². The molecule has 1 aromatic heterocycles. The van der Waals surface area contributed by atoms with Crippen LogP contribution >= 0.6 is 11.8 Å². The van der Waals surface area contributed by atoms with Crippen LogP contribution < -0.4 is 5.32 Å². The zero-order chi connectivity index (χ0) is 21.8. The van der Waals surface area contributed by atoms with Crippen molar-refractivity contribution < 1.29 is 23.5 Å². The molecule has 7 nitrogen and oxygen atoms in total. The molecule has 0 bridgehead atoms. The quantitative estimate of drug-likeness (QED) is 0.623. The van der Waals surface area contributed by atoms with Gasteiger partial charge in [-0.2, -0.15) is 0 Å². The summed E-state index contributed by atoms with van der Waals surface area (Å²) in [6.07, 6.45) is 5.59. The summed E-state index contributed by atoms with van der Waals surface area (Å²) in [7, 11) is 0. The van der Waals surface area contributed by atoms with Crippen molar-refractivity contribution in [3.05, 3.63) is 52.3 Å². The minimum atomic E-state index is -0.351. The summed E-state index contributed by atoms with van der Waals surface area (Å²) >= 11 is 0.910. The number of carbonyl (C=O) groups is 2. The summed E-state index contributed by atoms with van der Waals surface area (Å²) in [5.74, 6) is 1.03. The van der Waals surface area contributed by atoms with Gasteiger partial charge < -0.3 is 13.9 Å². The highest BCUT2D eigenvalue weighted by atomic mass is 32.2. The van der Waals surface area contributed by atoms with Gasteiger partial charge in [-0.05, 0) is 69.5 Å². The molecule has 31 heavy (non-hydrogen) atoms. The molecule has 2 amide bonds. The molecule has 2 heterocycles. The van der Waals surface area contributed by atoms with Crippen LogP contribution in [-0.4, -0.2) is 34.9 Å². The second kappa shape index (κ2) is 9.80. The van der Waals surface area contributed by atoms with Crippen LogP contribution in [0.15, 0.2) is 39.7 Å². The van der Waals surface area contributed by atoms with E-state index in [1.807, 2.05) is 38.1 Å². The van der Waals surface area contributed by atoms with E-state index in [1.165, 1.54) is 5.56 Å². The van der Waals surface area contributed by atoms with Gasteiger partial charge >= 0.3 is 0 Å². The van der Waals surface area contributed by atoms with E-state index in [0.29, 0.717) is 24.0 Å². The fourth-order valence-electron chi connectivity index (χ4n) is 3.70. The number of imide groups is 1. The lowest BCUT2D eigenvalue weighted by atomic mass is 9.95. The van der Waals surface area contributed by atoms with Gasteiger partial charge in [-0.25, -0.2) is 4.98 Å². The smallest absolute Gasteiger partial charge is 0.290 e. The highest BCUT2D eigenvalue weighted by molar-refractivity contribution is 8.18.